The minimum Gasteiger partial charge on any atom is -0.350 e. The monoisotopic (exact) mass is 352 g/mol. The van der Waals surface area contributed by atoms with Gasteiger partial charge in [0, 0.05) is 29.8 Å². The molecule has 0 heterocycles. The number of carbonyl (C=O) groups is 2. The third-order valence-electron chi connectivity index (χ3n) is 4.44. The van der Waals surface area contributed by atoms with Gasteiger partial charge in [0.25, 0.3) is 11.8 Å². The van der Waals surface area contributed by atoms with E-state index in [1.165, 1.54) is 0 Å². The van der Waals surface area contributed by atoms with Gasteiger partial charge in [0.05, 0.1) is 0 Å². The van der Waals surface area contributed by atoms with Crippen LogP contribution < -0.4 is 5.32 Å². The number of hydrogen-bond acceptors (Lipinski definition) is 2. The zero-order valence-corrected chi connectivity index (χ0v) is 16.0. The van der Waals surface area contributed by atoms with Gasteiger partial charge in [-0.3, -0.25) is 9.59 Å². The molecule has 0 saturated carbocycles. The summed E-state index contributed by atoms with van der Waals surface area (Å²) in [5.41, 5.74) is 2.13. The van der Waals surface area contributed by atoms with Crippen molar-refractivity contribution in [1.82, 2.24) is 10.2 Å². The number of rotatable bonds is 7. The van der Waals surface area contributed by atoms with Gasteiger partial charge in [0.2, 0.25) is 0 Å². The lowest BCUT2D eigenvalue weighted by Crippen LogP contribution is -2.36. The molecule has 1 atom stereocenters. The summed E-state index contributed by atoms with van der Waals surface area (Å²) in [5.74, 6) is -0.213. The van der Waals surface area contributed by atoms with Crippen LogP contribution in [0.1, 0.15) is 60.4 Å². The Morgan fingerprint density at radius 3 is 2.23 bits per heavy atom. The standard InChI is InChI=1S/C22H28N2O2/c1-5-17(4)23-21(25)19-12-9-13-20(14-19)22(26)24(16(2)3)15-18-10-7-6-8-11-18/h6-14,16-17H,5,15H2,1-4H3,(H,23,25). The second-order valence-electron chi connectivity index (χ2n) is 6.88. The molecule has 0 aliphatic rings. The Hall–Kier alpha value is -2.62. The van der Waals surface area contributed by atoms with Crippen molar-refractivity contribution in [2.75, 3.05) is 0 Å². The molecule has 0 aromatic heterocycles. The van der Waals surface area contributed by atoms with Crippen LogP contribution in [0.3, 0.4) is 0 Å². The van der Waals surface area contributed by atoms with Crippen molar-refractivity contribution in [3.63, 3.8) is 0 Å². The molecule has 2 amide bonds. The summed E-state index contributed by atoms with van der Waals surface area (Å²) < 4.78 is 0. The van der Waals surface area contributed by atoms with Gasteiger partial charge in [0.15, 0.2) is 0 Å². The lowest BCUT2D eigenvalue weighted by atomic mass is 10.1. The van der Waals surface area contributed by atoms with Gasteiger partial charge in [-0.25, -0.2) is 0 Å². The van der Waals surface area contributed by atoms with E-state index in [4.69, 9.17) is 0 Å². The van der Waals surface area contributed by atoms with Gasteiger partial charge in [0.1, 0.15) is 0 Å². The molecule has 0 saturated heterocycles. The number of benzene rings is 2. The molecule has 4 nitrogen and oxygen atoms in total. The summed E-state index contributed by atoms with van der Waals surface area (Å²) >= 11 is 0. The van der Waals surface area contributed by atoms with Crippen LogP contribution in [0, 0.1) is 0 Å². The van der Waals surface area contributed by atoms with Crippen LogP contribution in [0.25, 0.3) is 0 Å². The fourth-order valence-corrected chi connectivity index (χ4v) is 2.64. The Balaban J connectivity index is 2.21. The Morgan fingerprint density at radius 2 is 1.62 bits per heavy atom. The quantitative estimate of drug-likeness (QED) is 0.809. The summed E-state index contributed by atoms with van der Waals surface area (Å²) in [6.07, 6.45) is 0.864. The van der Waals surface area contributed by atoms with Crippen molar-refractivity contribution in [3.8, 4) is 0 Å². The molecule has 0 radical (unpaired) electrons. The largest absolute Gasteiger partial charge is 0.350 e. The number of hydrogen-bond donors (Lipinski definition) is 1. The molecular formula is C22H28N2O2. The van der Waals surface area contributed by atoms with E-state index in [0.717, 1.165) is 12.0 Å². The van der Waals surface area contributed by atoms with E-state index in [9.17, 15) is 9.59 Å². The summed E-state index contributed by atoms with van der Waals surface area (Å²) in [7, 11) is 0. The molecule has 2 aromatic rings. The van der Waals surface area contributed by atoms with Crippen molar-refractivity contribution in [3.05, 3.63) is 71.3 Å². The fourth-order valence-electron chi connectivity index (χ4n) is 2.64. The van der Waals surface area contributed by atoms with Crippen LogP contribution >= 0.6 is 0 Å². The Bertz CT molecular complexity index is 741. The molecule has 0 aliphatic heterocycles. The maximum atomic E-state index is 13.0. The maximum absolute atomic E-state index is 13.0. The first-order chi connectivity index (χ1) is 12.4. The Morgan fingerprint density at radius 1 is 0.962 bits per heavy atom. The molecule has 0 fully saturated rings. The third kappa shape index (κ3) is 5.19. The van der Waals surface area contributed by atoms with Gasteiger partial charge < -0.3 is 10.2 Å². The molecule has 1 unspecified atom stereocenters. The van der Waals surface area contributed by atoms with E-state index in [-0.39, 0.29) is 23.9 Å². The topological polar surface area (TPSA) is 49.4 Å². The maximum Gasteiger partial charge on any atom is 0.254 e. The molecule has 0 spiro atoms. The van der Waals surface area contributed by atoms with Crippen LogP contribution in [0.4, 0.5) is 0 Å². The molecular weight excluding hydrogens is 324 g/mol. The fraction of sp³-hybridized carbons (Fsp3) is 0.364. The highest BCUT2D eigenvalue weighted by atomic mass is 16.2. The summed E-state index contributed by atoms with van der Waals surface area (Å²) in [6, 6.07) is 17.0. The van der Waals surface area contributed by atoms with Crippen molar-refractivity contribution in [2.24, 2.45) is 0 Å². The van der Waals surface area contributed by atoms with Gasteiger partial charge in [-0.05, 0) is 51.0 Å². The number of amides is 2. The van der Waals surface area contributed by atoms with Crippen LogP contribution in [-0.4, -0.2) is 28.8 Å². The highest BCUT2D eigenvalue weighted by molar-refractivity contribution is 5.99. The molecule has 138 valence electrons. The first-order valence-corrected chi connectivity index (χ1v) is 9.18. The second-order valence-corrected chi connectivity index (χ2v) is 6.88. The van der Waals surface area contributed by atoms with Crippen molar-refractivity contribution in [1.29, 1.82) is 0 Å². The van der Waals surface area contributed by atoms with Crippen LogP contribution in [0.15, 0.2) is 54.6 Å². The molecule has 0 bridgehead atoms. The summed E-state index contributed by atoms with van der Waals surface area (Å²) in [4.78, 5) is 27.2. The molecule has 26 heavy (non-hydrogen) atoms. The lowest BCUT2D eigenvalue weighted by Gasteiger charge is -2.27. The molecule has 1 N–H and O–H groups in total. The molecule has 4 heteroatoms. The first-order valence-electron chi connectivity index (χ1n) is 9.18. The third-order valence-corrected chi connectivity index (χ3v) is 4.44. The zero-order valence-electron chi connectivity index (χ0n) is 16.0. The van der Waals surface area contributed by atoms with Gasteiger partial charge >= 0.3 is 0 Å². The van der Waals surface area contributed by atoms with E-state index in [1.807, 2.05) is 62.9 Å². The minimum atomic E-state index is -0.145. The molecule has 0 aliphatic carbocycles. The van der Waals surface area contributed by atoms with Gasteiger partial charge in [-0.1, -0.05) is 43.3 Å². The second kappa shape index (κ2) is 9.18. The summed E-state index contributed by atoms with van der Waals surface area (Å²) in [6.45, 7) is 8.53. The minimum absolute atomic E-state index is 0.0558. The van der Waals surface area contributed by atoms with Crippen LogP contribution in [0.2, 0.25) is 0 Å². The molecule has 2 aromatic carbocycles. The highest BCUT2D eigenvalue weighted by Gasteiger charge is 2.20. The van der Waals surface area contributed by atoms with Gasteiger partial charge in [-0.15, -0.1) is 0 Å². The van der Waals surface area contributed by atoms with E-state index >= 15 is 0 Å². The number of nitrogens with one attached hydrogen (secondary N) is 1. The number of nitrogens with zero attached hydrogens (tertiary/aromatic N) is 1. The molecule has 2 rings (SSSR count). The van der Waals surface area contributed by atoms with E-state index in [2.05, 4.69) is 5.32 Å². The smallest absolute Gasteiger partial charge is 0.254 e. The van der Waals surface area contributed by atoms with Crippen molar-refractivity contribution < 1.29 is 9.59 Å². The highest BCUT2D eigenvalue weighted by Crippen LogP contribution is 2.15. The Kier molecular flexibility index (Phi) is 6.96. The first kappa shape index (κ1) is 19.7. The van der Waals surface area contributed by atoms with Gasteiger partial charge in [-0.2, -0.15) is 0 Å². The Labute approximate surface area is 156 Å². The average molecular weight is 352 g/mol. The predicted molar refractivity (Wildman–Crippen MR) is 105 cm³/mol. The zero-order chi connectivity index (χ0) is 19.1. The van der Waals surface area contributed by atoms with Crippen LogP contribution in [-0.2, 0) is 6.54 Å². The van der Waals surface area contributed by atoms with E-state index in [1.54, 1.807) is 24.3 Å². The lowest BCUT2D eigenvalue weighted by molar-refractivity contribution is 0.0690. The van der Waals surface area contributed by atoms with Crippen molar-refractivity contribution in [2.45, 2.75) is 52.7 Å². The SMILES string of the molecule is CCC(C)NC(=O)c1cccc(C(=O)N(Cc2ccccc2)C(C)C)c1. The van der Waals surface area contributed by atoms with Crippen molar-refractivity contribution >= 4 is 11.8 Å². The number of carbonyl (C=O) groups excluding carboxylic acids is 2. The van der Waals surface area contributed by atoms with E-state index in [0.29, 0.717) is 17.7 Å². The predicted octanol–water partition coefficient (Wildman–Crippen LogP) is 4.27. The average Bonchev–Trinajstić information content (AvgIpc) is 2.66. The summed E-state index contributed by atoms with van der Waals surface area (Å²) in [5, 5.41) is 2.94. The van der Waals surface area contributed by atoms with E-state index < -0.39 is 0 Å². The normalized spacial score (nSPS) is 11.9. The van der Waals surface area contributed by atoms with Crippen LogP contribution in [0.5, 0.6) is 0 Å².